The number of nitrogens with zero attached hydrogens (tertiary/aromatic N) is 4. The number of thiazole rings is 1. The van der Waals surface area contributed by atoms with E-state index >= 15 is 0 Å². The molecule has 4 heterocycles. The first-order chi connectivity index (χ1) is 13.0. The lowest BCUT2D eigenvalue weighted by atomic mass is 9.86. The smallest absolute Gasteiger partial charge is 0.273 e. The molecule has 5 rings (SSSR count). The lowest BCUT2D eigenvalue weighted by Gasteiger charge is -2.23. The number of hydrogen-bond donors (Lipinski definition) is 0. The molecule has 1 amide bonds. The number of carbonyl (C=O) groups is 1. The van der Waals surface area contributed by atoms with E-state index in [1.165, 1.54) is 28.2 Å². The van der Waals surface area contributed by atoms with E-state index in [9.17, 15) is 4.79 Å². The Labute approximate surface area is 162 Å². The molecule has 2 aromatic heterocycles. The van der Waals surface area contributed by atoms with Crippen molar-refractivity contribution in [3.63, 3.8) is 0 Å². The van der Waals surface area contributed by atoms with Crippen molar-refractivity contribution in [1.82, 2.24) is 19.4 Å². The van der Waals surface area contributed by atoms with Crippen LogP contribution in [0.3, 0.4) is 0 Å². The van der Waals surface area contributed by atoms with Crippen molar-refractivity contribution >= 4 is 17.2 Å². The van der Waals surface area contributed by atoms with Gasteiger partial charge in [0.25, 0.3) is 5.91 Å². The van der Waals surface area contributed by atoms with Gasteiger partial charge in [0.2, 0.25) is 0 Å². The molecule has 1 saturated heterocycles. The molecule has 1 atom stereocenters. The van der Waals surface area contributed by atoms with Gasteiger partial charge in [-0.05, 0) is 25.8 Å². The third-order valence-corrected chi connectivity index (χ3v) is 6.65. The standard InChI is InChI=1S/C21H22N4OS/c1-14-3-5-16(6-4-14)18-10-22-19-9-21(13-25(18)19)7-8-24(12-21)20(26)17-11-27-15(2)23-17/h3-6,10-11H,7-9,12-13H2,1-2H3/t21-/m0/s1. The number of hydrogen-bond acceptors (Lipinski definition) is 4. The molecule has 2 aliphatic heterocycles. The fourth-order valence-electron chi connectivity index (χ4n) is 4.42. The van der Waals surface area contributed by atoms with Gasteiger partial charge in [0.1, 0.15) is 11.5 Å². The van der Waals surface area contributed by atoms with E-state index in [1.807, 2.05) is 23.4 Å². The Bertz CT molecular complexity index is 1020. The molecule has 0 saturated carbocycles. The van der Waals surface area contributed by atoms with Crippen LogP contribution in [-0.2, 0) is 13.0 Å². The van der Waals surface area contributed by atoms with Crippen LogP contribution in [0, 0.1) is 19.3 Å². The third kappa shape index (κ3) is 2.79. The topological polar surface area (TPSA) is 51.0 Å². The van der Waals surface area contributed by atoms with Crippen LogP contribution in [0.2, 0.25) is 0 Å². The zero-order chi connectivity index (χ0) is 18.6. The minimum Gasteiger partial charge on any atom is -0.337 e. The Kier molecular flexibility index (Phi) is 3.72. The largest absolute Gasteiger partial charge is 0.337 e. The molecule has 0 unspecified atom stereocenters. The number of rotatable bonds is 2. The van der Waals surface area contributed by atoms with Crippen LogP contribution < -0.4 is 0 Å². The average Bonchev–Trinajstić information content (AvgIpc) is 3.41. The van der Waals surface area contributed by atoms with Crippen molar-refractivity contribution < 1.29 is 4.79 Å². The summed E-state index contributed by atoms with van der Waals surface area (Å²) in [4.78, 5) is 23.8. The summed E-state index contributed by atoms with van der Waals surface area (Å²) in [6.45, 7) is 6.58. The molecular formula is C21H22N4OS. The van der Waals surface area contributed by atoms with Gasteiger partial charge in [-0.1, -0.05) is 29.8 Å². The van der Waals surface area contributed by atoms with E-state index in [-0.39, 0.29) is 11.3 Å². The van der Waals surface area contributed by atoms with Crippen molar-refractivity contribution in [1.29, 1.82) is 0 Å². The van der Waals surface area contributed by atoms with E-state index < -0.39 is 0 Å². The molecule has 3 aromatic rings. The third-order valence-electron chi connectivity index (χ3n) is 5.88. The van der Waals surface area contributed by atoms with Gasteiger partial charge in [-0.2, -0.15) is 0 Å². The number of imidazole rings is 1. The maximum Gasteiger partial charge on any atom is 0.273 e. The second-order valence-electron chi connectivity index (χ2n) is 7.92. The Morgan fingerprint density at radius 3 is 2.74 bits per heavy atom. The Hall–Kier alpha value is -2.47. The minimum absolute atomic E-state index is 0.0690. The Balaban J connectivity index is 1.37. The average molecular weight is 379 g/mol. The highest BCUT2D eigenvalue weighted by molar-refractivity contribution is 7.09. The highest BCUT2D eigenvalue weighted by Crippen LogP contribution is 2.42. The van der Waals surface area contributed by atoms with Crippen LogP contribution in [-0.4, -0.2) is 38.4 Å². The van der Waals surface area contributed by atoms with E-state index in [4.69, 9.17) is 4.98 Å². The van der Waals surface area contributed by atoms with Crippen LogP contribution in [0.4, 0.5) is 0 Å². The number of amides is 1. The molecule has 1 fully saturated rings. The van der Waals surface area contributed by atoms with Crippen LogP contribution in [0.15, 0.2) is 35.8 Å². The highest BCUT2D eigenvalue weighted by Gasteiger charge is 2.46. The quantitative estimate of drug-likeness (QED) is 0.683. The van der Waals surface area contributed by atoms with Gasteiger partial charge in [-0.3, -0.25) is 4.79 Å². The predicted octanol–water partition coefficient (Wildman–Crippen LogP) is 3.71. The van der Waals surface area contributed by atoms with Crippen LogP contribution in [0.1, 0.15) is 33.3 Å². The van der Waals surface area contributed by atoms with Gasteiger partial charge >= 0.3 is 0 Å². The van der Waals surface area contributed by atoms with Gasteiger partial charge in [0.05, 0.1) is 16.9 Å². The van der Waals surface area contributed by atoms with Crippen molar-refractivity contribution in [2.45, 2.75) is 33.2 Å². The molecule has 5 nitrogen and oxygen atoms in total. The van der Waals surface area contributed by atoms with Gasteiger partial charge in [0, 0.05) is 36.9 Å². The second kappa shape index (κ2) is 6.02. The first-order valence-electron chi connectivity index (χ1n) is 9.36. The number of carbonyl (C=O) groups excluding carboxylic acids is 1. The van der Waals surface area contributed by atoms with E-state index in [0.717, 1.165) is 43.3 Å². The van der Waals surface area contributed by atoms with Crippen molar-refractivity contribution in [3.05, 3.63) is 57.9 Å². The SMILES string of the molecule is Cc1ccc(-c2cnc3n2C[C@@]2(CCN(C(=O)c4csc(C)n4)C2)C3)cc1. The Morgan fingerprint density at radius 1 is 1.19 bits per heavy atom. The van der Waals surface area contributed by atoms with E-state index in [2.05, 4.69) is 40.7 Å². The first-order valence-corrected chi connectivity index (χ1v) is 10.2. The molecule has 0 aliphatic carbocycles. The lowest BCUT2D eigenvalue weighted by molar-refractivity contribution is 0.0766. The summed E-state index contributed by atoms with van der Waals surface area (Å²) in [5.74, 6) is 1.21. The van der Waals surface area contributed by atoms with Gasteiger partial charge in [0.15, 0.2) is 0 Å². The zero-order valence-corrected chi connectivity index (χ0v) is 16.4. The van der Waals surface area contributed by atoms with Crippen molar-refractivity contribution in [2.24, 2.45) is 5.41 Å². The Morgan fingerprint density at radius 2 is 2.00 bits per heavy atom. The fraction of sp³-hybridized carbons (Fsp3) is 0.381. The van der Waals surface area contributed by atoms with Crippen LogP contribution in [0.25, 0.3) is 11.3 Å². The van der Waals surface area contributed by atoms with Crippen LogP contribution >= 0.6 is 11.3 Å². The summed E-state index contributed by atoms with van der Waals surface area (Å²) in [6.07, 6.45) is 3.96. The molecular weight excluding hydrogens is 356 g/mol. The summed E-state index contributed by atoms with van der Waals surface area (Å²) in [5.41, 5.74) is 4.36. The first kappa shape index (κ1) is 16.7. The molecule has 138 valence electrons. The predicted molar refractivity (Wildman–Crippen MR) is 106 cm³/mol. The summed E-state index contributed by atoms with van der Waals surface area (Å²) in [7, 11) is 0. The molecule has 2 aliphatic rings. The number of fused-ring (bicyclic) bond motifs is 1. The number of aryl methyl sites for hydroxylation is 2. The van der Waals surface area contributed by atoms with Gasteiger partial charge in [-0.15, -0.1) is 11.3 Å². The summed E-state index contributed by atoms with van der Waals surface area (Å²) >= 11 is 1.53. The summed E-state index contributed by atoms with van der Waals surface area (Å²) in [6, 6.07) is 8.62. The number of benzene rings is 1. The highest BCUT2D eigenvalue weighted by atomic mass is 32.1. The van der Waals surface area contributed by atoms with Crippen LogP contribution in [0.5, 0.6) is 0 Å². The van der Waals surface area contributed by atoms with E-state index in [1.54, 1.807) is 0 Å². The molecule has 27 heavy (non-hydrogen) atoms. The monoisotopic (exact) mass is 378 g/mol. The normalized spacial score (nSPS) is 21.2. The second-order valence-corrected chi connectivity index (χ2v) is 8.98. The van der Waals surface area contributed by atoms with E-state index in [0.29, 0.717) is 5.69 Å². The fourth-order valence-corrected chi connectivity index (χ4v) is 5.01. The maximum absolute atomic E-state index is 12.8. The molecule has 1 aromatic carbocycles. The molecule has 1 spiro atoms. The van der Waals surface area contributed by atoms with Gasteiger partial charge in [-0.25, -0.2) is 9.97 Å². The minimum atomic E-state index is 0.0690. The number of aromatic nitrogens is 3. The lowest BCUT2D eigenvalue weighted by Crippen LogP contribution is -2.33. The number of likely N-dealkylation sites (tertiary alicyclic amines) is 1. The summed E-state index contributed by atoms with van der Waals surface area (Å²) < 4.78 is 2.35. The molecule has 0 radical (unpaired) electrons. The molecule has 0 bridgehead atoms. The summed E-state index contributed by atoms with van der Waals surface area (Å²) in [5, 5.41) is 2.81. The molecule has 0 N–H and O–H groups in total. The molecule has 6 heteroatoms. The van der Waals surface area contributed by atoms with Gasteiger partial charge < -0.3 is 9.47 Å². The van der Waals surface area contributed by atoms with Crippen molar-refractivity contribution in [3.8, 4) is 11.3 Å². The zero-order valence-electron chi connectivity index (χ0n) is 15.6. The maximum atomic E-state index is 12.8. The van der Waals surface area contributed by atoms with Crippen molar-refractivity contribution in [2.75, 3.05) is 13.1 Å².